The summed E-state index contributed by atoms with van der Waals surface area (Å²) < 4.78 is 12.4. The Hall–Kier alpha value is -1.89. The molecule has 1 aromatic carbocycles. The van der Waals surface area contributed by atoms with Crippen LogP contribution in [-0.2, 0) is 16.2 Å². The second-order valence-corrected chi connectivity index (χ2v) is 10.6. The van der Waals surface area contributed by atoms with Crippen molar-refractivity contribution in [1.82, 2.24) is 10.2 Å². The average Bonchev–Trinajstić information content (AvgIpc) is 2.88. The first-order valence-corrected chi connectivity index (χ1v) is 13.6. The summed E-state index contributed by atoms with van der Waals surface area (Å²) in [6, 6.07) is 2.78. The number of benzene rings is 1. The third-order valence-electron chi connectivity index (χ3n) is 6.92. The largest absolute Gasteiger partial charge is 0.493 e. The molecule has 2 amide bonds. The maximum atomic E-state index is 12.9. The molecule has 0 spiro atoms. The lowest BCUT2D eigenvalue weighted by molar-refractivity contribution is -0.137. The highest BCUT2D eigenvalue weighted by molar-refractivity contribution is 14.1. The molecule has 0 heterocycles. The molecule has 0 aliphatic heterocycles. The van der Waals surface area contributed by atoms with Crippen molar-refractivity contribution in [2.45, 2.75) is 70.3 Å². The molecule has 9 nitrogen and oxygen atoms in total. The maximum absolute atomic E-state index is 12.9. The molecule has 200 valence electrons. The highest BCUT2D eigenvalue weighted by Gasteiger charge is 2.41. The van der Waals surface area contributed by atoms with Gasteiger partial charge < -0.3 is 35.0 Å². The predicted octanol–water partition coefficient (Wildman–Crippen LogP) is 2.14. The highest BCUT2D eigenvalue weighted by atomic mass is 127. The van der Waals surface area contributed by atoms with Crippen LogP contribution in [0.15, 0.2) is 23.8 Å². The molecule has 0 bridgehead atoms. The summed E-state index contributed by atoms with van der Waals surface area (Å²) >= 11 is 2.07. The Labute approximate surface area is 226 Å². The van der Waals surface area contributed by atoms with Gasteiger partial charge in [-0.15, -0.1) is 0 Å². The van der Waals surface area contributed by atoms with Gasteiger partial charge >= 0.3 is 0 Å². The van der Waals surface area contributed by atoms with E-state index in [0.29, 0.717) is 38.7 Å². The molecule has 1 aromatic rings. The molecule has 3 rings (SSSR count). The fourth-order valence-electron chi connectivity index (χ4n) is 5.04. The average molecular weight is 616 g/mol. The first-order valence-electron chi connectivity index (χ1n) is 12.5. The first-order chi connectivity index (χ1) is 17.3. The SMILES string of the molecule is COc1cc(CO)cc(I)c1OC1C=C(C(=O)NCCO)CC(N(CC2CCCCC2)C(C)=O)C1O. The van der Waals surface area contributed by atoms with Crippen LogP contribution >= 0.6 is 22.6 Å². The Morgan fingerprint density at radius 3 is 2.53 bits per heavy atom. The van der Waals surface area contributed by atoms with Crippen molar-refractivity contribution in [3.63, 3.8) is 0 Å². The molecule has 3 unspecified atom stereocenters. The molecule has 0 radical (unpaired) electrons. The number of carbonyl (C=O) groups is 2. The standard InChI is InChI=1S/C26H37IN2O7/c1-16(32)29(14-17-6-4-3-5-7-17)21-12-19(26(34)28-8-9-30)13-22(24(21)33)36-25-20(27)10-18(15-31)11-23(25)35-2/h10-11,13,17,21-22,24,30-31,33H,3-9,12,14-15H2,1-2H3,(H,28,34). The number of rotatable bonds is 10. The van der Waals surface area contributed by atoms with Gasteiger partial charge in [0.25, 0.3) is 0 Å². The van der Waals surface area contributed by atoms with Crippen LogP contribution in [0.5, 0.6) is 11.5 Å². The molecule has 1 saturated carbocycles. The molecule has 10 heteroatoms. The summed E-state index contributed by atoms with van der Waals surface area (Å²) in [5.74, 6) is 0.616. The number of carbonyl (C=O) groups excluding carboxylic acids is 2. The Bertz CT molecular complexity index is 948. The van der Waals surface area contributed by atoms with E-state index in [-0.39, 0.29) is 38.0 Å². The Balaban J connectivity index is 1.94. The minimum atomic E-state index is -1.08. The number of hydrogen-bond acceptors (Lipinski definition) is 7. The summed E-state index contributed by atoms with van der Waals surface area (Å²) in [6.07, 6.45) is 5.31. The summed E-state index contributed by atoms with van der Waals surface area (Å²) in [4.78, 5) is 27.4. The van der Waals surface area contributed by atoms with Crippen LogP contribution in [0.2, 0.25) is 0 Å². The number of nitrogens with zero attached hydrogens (tertiary/aromatic N) is 1. The van der Waals surface area contributed by atoms with Gasteiger partial charge in [-0.2, -0.15) is 0 Å². The number of amides is 2. The lowest BCUT2D eigenvalue weighted by Gasteiger charge is -2.42. The van der Waals surface area contributed by atoms with Gasteiger partial charge in [0, 0.05) is 32.0 Å². The van der Waals surface area contributed by atoms with Crippen LogP contribution in [-0.4, -0.2) is 77.1 Å². The number of aliphatic hydroxyl groups is 3. The second kappa shape index (κ2) is 13.6. The smallest absolute Gasteiger partial charge is 0.247 e. The zero-order chi connectivity index (χ0) is 26.2. The van der Waals surface area contributed by atoms with Gasteiger partial charge in [-0.3, -0.25) is 9.59 Å². The number of hydrogen-bond donors (Lipinski definition) is 4. The molecule has 4 N–H and O–H groups in total. The van der Waals surface area contributed by atoms with Crippen molar-refractivity contribution in [3.05, 3.63) is 32.9 Å². The molecule has 0 aromatic heterocycles. The van der Waals surface area contributed by atoms with Gasteiger partial charge in [-0.05, 0) is 65.1 Å². The summed E-state index contributed by atoms with van der Waals surface area (Å²) in [7, 11) is 1.49. The Kier molecular flexibility index (Phi) is 10.8. The van der Waals surface area contributed by atoms with E-state index in [1.165, 1.54) is 20.5 Å². The van der Waals surface area contributed by atoms with Crippen LogP contribution in [0, 0.1) is 9.49 Å². The van der Waals surface area contributed by atoms with Crippen molar-refractivity contribution in [3.8, 4) is 11.5 Å². The van der Waals surface area contributed by atoms with Crippen molar-refractivity contribution in [2.75, 3.05) is 26.8 Å². The molecule has 36 heavy (non-hydrogen) atoms. The van der Waals surface area contributed by atoms with E-state index in [2.05, 4.69) is 27.9 Å². The number of methoxy groups -OCH3 is 1. The third kappa shape index (κ3) is 7.11. The molecule has 0 saturated heterocycles. The van der Waals surface area contributed by atoms with E-state index in [1.807, 2.05) is 0 Å². The minimum Gasteiger partial charge on any atom is -0.493 e. The minimum absolute atomic E-state index is 0.0990. The second-order valence-electron chi connectivity index (χ2n) is 9.46. The van der Waals surface area contributed by atoms with Gasteiger partial charge in [-0.25, -0.2) is 0 Å². The van der Waals surface area contributed by atoms with Crippen molar-refractivity contribution >= 4 is 34.4 Å². The zero-order valence-electron chi connectivity index (χ0n) is 20.9. The normalized spacial score (nSPS) is 22.5. The van der Waals surface area contributed by atoms with Gasteiger partial charge in [0.15, 0.2) is 11.5 Å². The molecule has 3 atom stereocenters. The topological polar surface area (TPSA) is 129 Å². The van der Waals surface area contributed by atoms with Gasteiger partial charge in [0.05, 0.1) is 29.9 Å². The van der Waals surface area contributed by atoms with Crippen molar-refractivity contribution in [2.24, 2.45) is 5.92 Å². The number of halogens is 1. The summed E-state index contributed by atoms with van der Waals surface area (Å²) in [5, 5.41) is 32.8. The van der Waals surface area contributed by atoms with Gasteiger partial charge in [0.1, 0.15) is 12.2 Å². The van der Waals surface area contributed by atoms with Crippen LogP contribution < -0.4 is 14.8 Å². The van der Waals surface area contributed by atoms with E-state index in [1.54, 1.807) is 23.1 Å². The Morgan fingerprint density at radius 1 is 1.19 bits per heavy atom. The molecule has 1 fully saturated rings. The fourth-order valence-corrected chi connectivity index (χ4v) is 5.83. The monoisotopic (exact) mass is 616 g/mol. The fraction of sp³-hybridized carbons (Fsp3) is 0.615. The van der Waals surface area contributed by atoms with Crippen LogP contribution in [0.4, 0.5) is 0 Å². The van der Waals surface area contributed by atoms with Crippen molar-refractivity contribution in [1.29, 1.82) is 0 Å². The number of nitrogens with one attached hydrogen (secondary N) is 1. The first kappa shape index (κ1) is 28.7. The van der Waals surface area contributed by atoms with E-state index in [4.69, 9.17) is 14.6 Å². The quantitative estimate of drug-likeness (QED) is 0.297. The van der Waals surface area contributed by atoms with Crippen LogP contribution in [0.25, 0.3) is 0 Å². The third-order valence-corrected chi connectivity index (χ3v) is 7.73. The Morgan fingerprint density at radius 2 is 1.92 bits per heavy atom. The lowest BCUT2D eigenvalue weighted by Crippen LogP contribution is -2.55. The predicted molar refractivity (Wildman–Crippen MR) is 143 cm³/mol. The van der Waals surface area contributed by atoms with Gasteiger partial charge in [0.2, 0.25) is 11.8 Å². The zero-order valence-corrected chi connectivity index (χ0v) is 23.1. The van der Waals surface area contributed by atoms with Gasteiger partial charge in [-0.1, -0.05) is 19.3 Å². The molecule has 2 aliphatic carbocycles. The summed E-state index contributed by atoms with van der Waals surface area (Å²) in [5.41, 5.74) is 1.04. The van der Waals surface area contributed by atoms with Crippen molar-refractivity contribution < 1.29 is 34.4 Å². The molecular weight excluding hydrogens is 579 g/mol. The van der Waals surface area contributed by atoms with E-state index in [9.17, 15) is 19.8 Å². The molecule has 2 aliphatic rings. The lowest BCUT2D eigenvalue weighted by atomic mass is 9.85. The maximum Gasteiger partial charge on any atom is 0.247 e. The summed E-state index contributed by atoms with van der Waals surface area (Å²) in [6.45, 7) is 1.77. The van der Waals surface area contributed by atoms with E-state index < -0.39 is 18.2 Å². The van der Waals surface area contributed by atoms with E-state index in [0.717, 1.165) is 25.7 Å². The van der Waals surface area contributed by atoms with Crippen LogP contribution in [0.1, 0.15) is 51.0 Å². The van der Waals surface area contributed by atoms with E-state index >= 15 is 0 Å². The molecular formula is C26H37IN2O7. The number of aliphatic hydroxyl groups excluding tert-OH is 3. The van der Waals surface area contributed by atoms with Crippen LogP contribution in [0.3, 0.4) is 0 Å². The number of ether oxygens (including phenoxy) is 2. The highest BCUT2D eigenvalue weighted by Crippen LogP contribution is 2.37.